The van der Waals surface area contributed by atoms with E-state index in [4.69, 9.17) is 16.6 Å². The predicted molar refractivity (Wildman–Crippen MR) is 72.8 cm³/mol. The molecule has 2 heterocycles. The van der Waals surface area contributed by atoms with Gasteiger partial charge in [0.05, 0.1) is 12.8 Å². The molecule has 94 valence electrons. The van der Waals surface area contributed by atoms with Gasteiger partial charge in [-0.1, -0.05) is 0 Å². The van der Waals surface area contributed by atoms with Gasteiger partial charge in [-0.25, -0.2) is 0 Å². The summed E-state index contributed by atoms with van der Waals surface area (Å²) in [7, 11) is 0. The smallest absolute Gasteiger partial charge is 0.169 e. The molecule has 1 saturated heterocycles. The fourth-order valence-electron chi connectivity index (χ4n) is 2.49. The molecule has 4 heteroatoms. The molecule has 1 fully saturated rings. The Kier molecular flexibility index (Phi) is 4.05. The number of nitrogens with zero attached hydrogens (tertiary/aromatic N) is 1. The summed E-state index contributed by atoms with van der Waals surface area (Å²) in [6.07, 6.45) is 5.45. The molecule has 1 aliphatic rings. The second kappa shape index (κ2) is 5.54. The van der Waals surface area contributed by atoms with E-state index < -0.39 is 0 Å². The van der Waals surface area contributed by atoms with Crippen LogP contribution >= 0.6 is 12.2 Å². The van der Waals surface area contributed by atoms with Crippen LogP contribution in [-0.2, 0) is 6.54 Å². The van der Waals surface area contributed by atoms with Gasteiger partial charge >= 0.3 is 0 Å². The molecule has 0 spiro atoms. The lowest BCUT2D eigenvalue weighted by Gasteiger charge is -2.40. The molecule has 1 aliphatic heterocycles. The summed E-state index contributed by atoms with van der Waals surface area (Å²) in [5.41, 5.74) is 0. The van der Waals surface area contributed by atoms with Crippen LogP contribution in [0.4, 0.5) is 0 Å². The molecular formula is C13H20N2OS. The van der Waals surface area contributed by atoms with Crippen molar-refractivity contribution in [1.82, 2.24) is 10.2 Å². The quantitative estimate of drug-likeness (QED) is 0.819. The van der Waals surface area contributed by atoms with E-state index in [0.29, 0.717) is 18.6 Å². The normalized spacial score (nSPS) is 24.7. The highest BCUT2D eigenvalue weighted by Gasteiger charge is 2.26. The topological polar surface area (TPSA) is 28.4 Å². The van der Waals surface area contributed by atoms with E-state index in [2.05, 4.69) is 24.1 Å². The van der Waals surface area contributed by atoms with Crippen LogP contribution in [0.3, 0.4) is 0 Å². The number of likely N-dealkylation sites (tertiary alicyclic amines) is 1. The molecule has 0 saturated carbocycles. The molecule has 1 aromatic rings. The Labute approximate surface area is 108 Å². The predicted octanol–water partition coefficient (Wildman–Crippen LogP) is 2.92. The maximum absolute atomic E-state index is 5.47. The van der Waals surface area contributed by atoms with Crippen LogP contribution in [0.1, 0.15) is 38.9 Å². The number of hydrogen-bond acceptors (Lipinski definition) is 2. The van der Waals surface area contributed by atoms with E-state index in [9.17, 15) is 0 Å². The van der Waals surface area contributed by atoms with E-state index in [-0.39, 0.29) is 0 Å². The fraction of sp³-hybridized carbons (Fsp3) is 0.615. The highest BCUT2D eigenvalue weighted by Crippen LogP contribution is 2.22. The van der Waals surface area contributed by atoms with Crippen molar-refractivity contribution in [3.63, 3.8) is 0 Å². The third kappa shape index (κ3) is 3.00. The minimum absolute atomic E-state index is 0.537. The van der Waals surface area contributed by atoms with Gasteiger partial charge in [0.25, 0.3) is 0 Å². The van der Waals surface area contributed by atoms with Crippen molar-refractivity contribution in [1.29, 1.82) is 0 Å². The SMILES string of the molecule is C[C@H]1CCC[C@H](C)N1C(=S)NCc1ccco1. The fourth-order valence-corrected chi connectivity index (χ4v) is 2.92. The Morgan fingerprint density at radius 2 is 2.18 bits per heavy atom. The number of hydrogen-bond donors (Lipinski definition) is 1. The minimum atomic E-state index is 0.537. The van der Waals surface area contributed by atoms with Gasteiger partial charge in [0, 0.05) is 12.1 Å². The summed E-state index contributed by atoms with van der Waals surface area (Å²) in [5.74, 6) is 0.921. The molecule has 1 aromatic heterocycles. The summed E-state index contributed by atoms with van der Waals surface area (Å²) < 4.78 is 5.28. The number of nitrogens with one attached hydrogen (secondary N) is 1. The lowest BCUT2D eigenvalue weighted by Crippen LogP contribution is -2.51. The van der Waals surface area contributed by atoms with Crippen molar-refractivity contribution in [3.05, 3.63) is 24.2 Å². The molecule has 0 bridgehead atoms. The highest BCUT2D eigenvalue weighted by atomic mass is 32.1. The molecule has 0 aromatic carbocycles. The van der Waals surface area contributed by atoms with Crippen LogP contribution in [0, 0.1) is 0 Å². The minimum Gasteiger partial charge on any atom is -0.467 e. The van der Waals surface area contributed by atoms with Crippen molar-refractivity contribution >= 4 is 17.3 Å². The lowest BCUT2D eigenvalue weighted by molar-refractivity contribution is 0.189. The Morgan fingerprint density at radius 1 is 1.47 bits per heavy atom. The standard InChI is InChI=1S/C13H20N2OS/c1-10-5-3-6-11(2)15(10)13(17)14-9-12-7-4-8-16-12/h4,7-8,10-11H,3,5-6,9H2,1-2H3,(H,14,17)/t10-,11-/m0/s1. The molecule has 2 atom stereocenters. The molecule has 2 rings (SSSR count). The molecule has 17 heavy (non-hydrogen) atoms. The molecule has 0 unspecified atom stereocenters. The van der Waals surface area contributed by atoms with Gasteiger partial charge in [-0.05, 0) is 57.5 Å². The molecular weight excluding hydrogens is 232 g/mol. The maximum Gasteiger partial charge on any atom is 0.169 e. The summed E-state index contributed by atoms with van der Waals surface area (Å²) in [5, 5.41) is 4.13. The Hall–Kier alpha value is -1.03. The Bertz CT molecular complexity index is 354. The van der Waals surface area contributed by atoms with Crippen molar-refractivity contribution in [2.24, 2.45) is 0 Å². The largest absolute Gasteiger partial charge is 0.467 e. The van der Waals surface area contributed by atoms with Gasteiger partial charge in [-0.2, -0.15) is 0 Å². The summed E-state index contributed by atoms with van der Waals surface area (Å²) in [6.45, 7) is 5.16. The molecule has 1 N–H and O–H groups in total. The first-order chi connectivity index (χ1) is 8.18. The second-order valence-electron chi connectivity index (χ2n) is 4.77. The maximum atomic E-state index is 5.47. The zero-order valence-electron chi connectivity index (χ0n) is 10.5. The van der Waals surface area contributed by atoms with Crippen molar-refractivity contribution in [3.8, 4) is 0 Å². The van der Waals surface area contributed by atoms with E-state index in [1.165, 1.54) is 19.3 Å². The Balaban J connectivity index is 1.90. The first-order valence-electron chi connectivity index (χ1n) is 6.27. The van der Waals surface area contributed by atoms with E-state index >= 15 is 0 Å². The average molecular weight is 252 g/mol. The first-order valence-corrected chi connectivity index (χ1v) is 6.68. The van der Waals surface area contributed by atoms with Gasteiger partial charge < -0.3 is 14.6 Å². The molecule has 0 aliphatic carbocycles. The third-order valence-corrected chi connectivity index (χ3v) is 3.78. The number of piperidine rings is 1. The van der Waals surface area contributed by atoms with Crippen molar-refractivity contribution in [2.45, 2.75) is 51.7 Å². The summed E-state index contributed by atoms with van der Waals surface area (Å²) >= 11 is 5.47. The van der Waals surface area contributed by atoms with Crippen LogP contribution in [0.5, 0.6) is 0 Å². The van der Waals surface area contributed by atoms with E-state index in [1.54, 1.807) is 6.26 Å². The van der Waals surface area contributed by atoms with E-state index in [1.807, 2.05) is 12.1 Å². The van der Waals surface area contributed by atoms with Crippen LogP contribution in [0.25, 0.3) is 0 Å². The second-order valence-corrected chi connectivity index (χ2v) is 5.16. The van der Waals surface area contributed by atoms with Gasteiger partial charge in [0.2, 0.25) is 0 Å². The number of furan rings is 1. The average Bonchev–Trinajstić information content (AvgIpc) is 2.79. The molecule has 3 nitrogen and oxygen atoms in total. The van der Waals surface area contributed by atoms with Crippen LogP contribution in [-0.4, -0.2) is 22.1 Å². The zero-order chi connectivity index (χ0) is 12.3. The zero-order valence-corrected chi connectivity index (χ0v) is 11.3. The summed E-state index contributed by atoms with van der Waals surface area (Å²) in [6, 6.07) is 4.93. The van der Waals surface area contributed by atoms with Crippen molar-refractivity contribution in [2.75, 3.05) is 0 Å². The molecule has 0 radical (unpaired) electrons. The number of thiocarbonyl (C=S) groups is 1. The van der Waals surface area contributed by atoms with Gasteiger partial charge in [-0.3, -0.25) is 0 Å². The van der Waals surface area contributed by atoms with Gasteiger partial charge in [0.15, 0.2) is 5.11 Å². The van der Waals surface area contributed by atoms with Crippen LogP contribution in [0.15, 0.2) is 22.8 Å². The van der Waals surface area contributed by atoms with E-state index in [0.717, 1.165) is 10.9 Å². The Morgan fingerprint density at radius 3 is 2.76 bits per heavy atom. The molecule has 0 amide bonds. The highest BCUT2D eigenvalue weighted by molar-refractivity contribution is 7.80. The first kappa shape index (κ1) is 12.4. The lowest BCUT2D eigenvalue weighted by atomic mass is 9.98. The van der Waals surface area contributed by atoms with Gasteiger partial charge in [0.1, 0.15) is 5.76 Å². The van der Waals surface area contributed by atoms with Crippen molar-refractivity contribution < 1.29 is 4.42 Å². The number of rotatable bonds is 2. The third-order valence-electron chi connectivity index (χ3n) is 3.42. The monoisotopic (exact) mass is 252 g/mol. The van der Waals surface area contributed by atoms with Crippen LogP contribution in [0.2, 0.25) is 0 Å². The summed E-state index contributed by atoms with van der Waals surface area (Å²) in [4.78, 5) is 2.32. The van der Waals surface area contributed by atoms with Crippen LogP contribution < -0.4 is 5.32 Å². The van der Waals surface area contributed by atoms with Gasteiger partial charge in [-0.15, -0.1) is 0 Å².